The average Bonchev–Trinajstić information content (AvgIpc) is 3.13. The van der Waals surface area contributed by atoms with Crippen LogP contribution in [-0.2, 0) is 0 Å². The standard InChI is InChI=1S/C27H24N6O2/c1-3-35-20-14-10-18(11-15-20)16-29-33-25(28)23(27(34)30-19-12-8-17(2)9-13-19)24-26(33)32-22-7-5-4-6-21(22)31-24/h4-16H,3,28H2,1-2H3,(H,30,34). The molecule has 0 fully saturated rings. The molecule has 0 aliphatic heterocycles. The molecule has 35 heavy (non-hydrogen) atoms. The first kappa shape index (κ1) is 22.1. The normalized spacial score (nSPS) is 11.4. The molecule has 0 saturated carbocycles. The van der Waals surface area contributed by atoms with Crippen molar-refractivity contribution < 1.29 is 9.53 Å². The lowest BCUT2D eigenvalue weighted by molar-refractivity contribution is 0.102. The Labute approximate surface area is 202 Å². The van der Waals surface area contributed by atoms with Gasteiger partial charge in [-0.1, -0.05) is 29.8 Å². The zero-order valence-corrected chi connectivity index (χ0v) is 19.4. The van der Waals surface area contributed by atoms with Crippen LogP contribution in [0.25, 0.3) is 22.2 Å². The molecule has 3 N–H and O–H groups in total. The Balaban J connectivity index is 1.60. The van der Waals surface area contributed by atoms with Gasteiger partial charge in [0.05, 0.1) is 23.9 Å². The smallest absolute Gasteiger partial charge is 0.261 e. The van der Waals surface area contributed by atoms with Gasteiger partial charge in [-0.25, -0.2) is 9.97 Å². The molecule has 5 aromatic rings. The molecular formula is C27H24N6O2. The number of carbonyl (C=O) groups is 1. The van der Waals surface area contributed by atoms with E-state index in [2.05, 4.69) is 10.4 Å². The number of hydrogen-bond donors (Lipinski definition) is 2. The highest BCUT2D eigenvalue weighted by Gasteiger charge is 2.24. The third-order valence-electron chi connectivity index (χ3n) is 5.52. The number of fused-ring (bicyclic) bond motifs is 2. The van der Waals surface area contributed by atoms with Crippen LogP contribution in [0.4, 0.5) is 11.5 Å². The van der Waals surface area contributed by atoms with Gasteiger partial charge in [-0.2, -0.15) is 9.78 Å². The first-order valence-electron chi connectivity index (χ1n) is 11.3. The van der Waals surface area contributed by atoms with Gasteiger partial charge in [0.15, 0.2) is 5.65 Å². The predicted octanol–water partition coefficient (Wildman–Crippen LogP) is 5.01. The third kappa shape index (κ3) is 4.41. The summed E-state index contributed by atoms with van der Waals surface area (Å²) in [4.78, 5) is 22.7. The van der Waals surface area contributed by atoms with Crippen LogP contribution >= 0.6 is 0 Å². The molecule has 0 spiro atoms. The fraction of sp³-hybridized carbons (Fsp3) is 0.111. The van der Waals surface area contributed by atoms with Gasteiger partial charge in [0, 0.05) is 5.69 Å². The van der Waals surface area contributed by atoms with Gasteiger partial charge in [-0.05, 0) is 67.9 Å². The summed E-state index contributed by atoms with van der Waals surface area (Å²) in [5.41, 5.74) is 11.4. The summed E-state index contributed by atoms with van der Waals surface area (Å²) >= 11 is 0. The molecular weight excluding hydrogens is 440 g/mol. The zero-order valence-electron chi connectivity index (χ0n) is 19.4. The highest BCUT2D eigenvalue weighted by Crippen LogP contribution is 2.28. The quantitative estimate of drug-likeness (QED) is 0.344. The minimum Gasteiger partial charge on any atom is -0.494 e. The Morgan fingerprint density at radius 3 is 2.40 bits per heavy atom. The number of anilines is 2. The lowest BCUT2D eigenvalue weighted by Gasteiger charge is -2.06. The number of nitrogen functional groups attached to an aromatic ring is 1. The number of nitrogens with one attached hydrogen (secondary N) is 1. The Morgan fingerprint density at radius 1 is 1.03 bits per heavy atom. The lowest BCUT2D eigenvalue weighted by atomic mass is 10.2. The Bertz CT molecular complexity index is 1550. The van der Waals surface area contributed by atoms with Gasteiger partial charge in [-0.15, -0.1) is 0 Å². The number of aromatic nitrogens is 3. The van der Waals surface area contributed by atoms with E-state index in [9.17, 15) is 4.79 Å². The number of carbonyl (C=O) groups excluding carboxylic acids is 1. The van der Waals surface area contributed by atoms with Crippen LogP contribution in [0, 0.1) is 6.92 Å². The number of para-hydroxylation sites is 2. The number of amides is 1. The van der Waals surface area contributed by atoms with Gasteiger partial charge in [-0.3, -0.25) is 4.79 Å². The summed E-state index contributed by atoms with van der Waals surface area (Å²) in [7, 11) is 0. The number of ether oxygens (including phenoxy) is 1. The van der Waals surface area contributed by atoms with E-state index < -0.39 is 0 Å². The predicted molar refractivity (Wildman–Crippen MR) is 139 cm³/mol. The van der Waals surface area contributed by atoms with Crippen molar-refractivity contribution in [3.63, 3.8) is 0 Å². The van der Waals surface area contributed by atoms with Crippen molar-refractivity contribution in [2.24, 2.45) is 5.10 Å². The molecule has 5 rings (SSSR count). The molecule has 8 nitrogen and oxygen atoms in total. The molecule has 3 aromatic carbocycles. The van der Waals surface area contributed by atoms with Crippen molar-refractivity contribution in [2.75, 3.05) is 17.7 Å². The Kier molecular flexibility index (Phi) is 5.85. The van der Waals surface area contributed by atoms with Crippen LogP contribution in [0.1, 0.15) is 28.4 Å². The van der Waals surface area contributed by atoms with Crippen LogP contribution < -0.4 is 15.8 Å². The maximum absolute atomic E-state index is 13.3. The van der Waals surface area contributed by atoms with Gasteiger partial charge in [0.25, 0.3) is 5.91 Å². The van der Waals surface area contributed by atoms with Crippen LogP contribution in [0.5, 0.6) is 5.75 Å². The van der Waals surface area contributed by atoms with Crippen molar-refractivity contribution >= 4 is 45.8 Å². The Hall–Kier alpha value is -4.72. The minimum absolute atomic E-state index is 0.155. The number of benzene rings is 3. The largest absolute Gasteiger partial charge is 0.494 e. The highest BCUT2D eigenvalue weighted by atomic mass is 16.5. The van der Waals surface area contributed by atoms with E-state index in [0.29, 0.717) is 34.5 Å². The van der Waals surface area contributed by atoms with Crippen LogP contribution in [0.15, 0.2) is 77.9 Å². The van der Waals surface area contributed by atoms with E-state index in [4.69, 9.17) is 20.4 Å². The summed E-state index contributed by atoms with van der Waals surface area (Å²) < 4.78 is 6.95. The fourth-order valence-corrected chi connectivity index (χ4v) is 3.76. The summed E-state index contributed by atoms with van der Waals surface area (Å²) in [6.45, 7) is 4.52. The minimum atomic E-state index is -0.379. The molecule has 2 heterocycles. The molecule has 174 valence electrons. The molecule has 0 aliphatic rings. The van der Waals surface area contributed by atoms with Crippen molar-refractivity contribution in [2.45, 2.75) is 13.8 Å². The molecule has 2 aromatic heterocycles. The first-order valence-corrected chi connectivity index (χ1v) is 11.3. The monoisotopic (exact) mass is 464 g/mol. The maximum Gasteiger partial charge on any atom is 0.261 e. The molecule has 0 atom stereocenters. The van der Waals surface area contributed by atoms with Crippen molar-refractivity contribution in [3.8, 4) is 5.75 Å². The summed E-state index contributed by atoms with van der Waals surface area (Å²) in [5.74, 6) is 0.557. The number of nitrogens with two attached hydrogens (primary N) is 1. The van der Waals surface area contributed by atoms with E-state index in [0.717, 1.165) is 16.9 Å². The maximum atomic E-state index is 13.3. The Morgan fingerprint density at radius 2 is 1.71 bits per heavy atom. The van der Waals surface area contributed by atoms with Crippen molar-refractivity contribution in [3.05, 3.63) is 89.5 Å². The molecule has 0 unspecified atom stereocenters. The first-order chi connectivity index (χ1) is 17.0. The van der Waals surface area contributed by atoms with Crippen LogP contribution in [0.3, 0.4) is 0 Å². The van der Waals surface area contributed by atoms with E-state index in [1.54, 1.807) is 6.21 Å². The SMILES string of the molecule is CCOc1ccc(C=Nn2c(N)c(C(=O)Nc3ccc(C)cc3)c3nc4ccccc4nc32)cc1. The topological polar surface area (TPSA) is 107 Å². The van der Waals surface area contributed by atoms with Crippen LogP contribution in [0.2, 0.25) is 0 Å². The average molecular weight is 465 g/mol. The van der Waals surface area contributed by atoms with Crippen molar-refractivity contribution in [1.29, 1.82) is 0 Å². The van der Waals surface area contributed by atoms with Crippen LogP contribution in [-0.4, -0.2) is 33.4 Å². The molecule has 0 bridgehead atoms. The molecule has 0 aliphatic carbocycles. The number of aryl methyl sites for hydroxylation is 1. The van der Waals surface area contributed by atoms with E-state index >= 15 is 0 Å². The van der Waals surface area contributed by atoms with Gasteiger partial charge < -0.3 is 15.8 Å². The van der Waals surface area contributed by atoms with Gasteiger partial charge in [0.1, 0.15) is 22.6 Å². The molecule has 0 radical (unpaired) electrons. The zero-order chi connectivity index (χ0) is 24.4. The van der Waals surface area contributed by atoms with Gasteiger partial charge >= 0.3 is 0 Å². The second-order valence-electron chi connectivity index (χ2n) is 8.02. The summed E-state index contributed by atoms with van der Waals surface area (Å²) in [5, 5.41) is 7.46. The molecule has 1 amide bonds. The number of nitrogens with zero attached hydrogens (tertiary/aromatic N) is 4. The molecule has 8 heteroatoms. The summed E-state index contributed by atoms with van der Waals surface area (Å²) in [6, 6.07) is 22.5. The third-order valence-corrected chi connectivity index (χ3v) is 5.52. The van der Waals surface area contributed by atoms with E-state index in [1.807, 2.05) is 86.6 Å². The lowest BCUT2D eigenvalue weighted by Crippen LogP contribution is -2.14. The van der Waals surface area contributed by atoms with Crippen molar-refractivity contribution in [1.82, 2.24) is 14.6 Å². The van der Waals surface area contributed by atoms with E-state index in [-0.39, 0.29) is 17.3 Å². The highest BCUT2D eigenvalue weighted by molar-refractivity contribution is 6.16. The second-order valence-corrected chi connectivity index (χ2v) is 8.02. The number of hydrogen-bond acceptors (Lipinski definition) is 6. The summed E-state index contributed by atoms with van der Waals surface area (Å²) in [6.07, 6.45) is 1.66. The fourth-order valence-electron chi connectivity index (χ4n) is 3.76. The van der Waals surface area contributed by atoms with Gasteiger partial charge in [0.2, 0.25) is 0 Å². The van der Waals surface area contributed by atoms with E-state index in [1.165, 1.54) is 4.68 Å². The number of rotatable bonds is 6. The second kappa shape index (κ2) is 9.26. The molecule has 0 saturated heterocycles.